The number of H-pyrrole nitrogens is 1. The van der Waals surface area contributed by atoms with Crippen molar-refractivity contribution in [2.24, 2.45) is 0 Å². The van der Waals surface area contributed by atoms with Gasteiger partial charge in [-0.3, -0.25) is 14.3 Å². The second kappa shape index (κ2) is 6.21. The second-order valence-corrected chi connectivity index (χ2v) is 5.04. The molecule has 0 radical (unpaired) electrons. The number of hydrogen-bond donors (Lipinski definition) is 4. The summed E-state index contributed by atoms with van der Waals surface area (Å²) in [6, 6.07) is 0. The maximum absolute atomic E-state index is 13.4. The highest BCUT2D eigenvalue weighted by atomic mass is 19.1. The van der Waals surface area contributed by atoms with Crippen molar-refractivity contribution in [1.29, 1.82) is 0 Å². The molecule has 1 aromatic rings. The molecular weight excluding hydrogens is 318 g/mol. The first-order chi connectivity index (χ1) is 10.7. The molecule has 0 aliphatic carbocycles. The summed E-state index contributed by atoms with van der Waals surface area (Å²) in [6.45, 7) is 0.0888. The van der Waals surface area contributed by atoms with Crippen LogP contribution in [0.3, 0.4) is 0 Å². The van der Waals surface area contributed by atoms with Crippen LogP contribution in [0.5, 0.6) is 0 Å². The van der Waals surface area contributed by atoms with Crippen molar-refractivity contribution in [3.8, 4) is 11.8 Å². The van der Waals surface area contributed by atoms with Crippen LogP contribution < -0.4 is 11.2 Å². The zero-order valence-electron chi connectivity index (χ0n) is 11.9. The Bertz CT molecular complexity index is 764. The molecule has 126 valence electrons. The number of aliphatic hydroxyl groups is 3. The van der Waals surface area contributed by atoms with Crippen LogP contribution in [-0.2, 0) is 4.74 Å². The van der Waals surface area contributed by atoms with E-state index in [1.165, 1.54) is 6.92 Å². The van der Waals surface area contributed by atoms with E-state index in [0.29, 0.717) is 10.8 Å². The van der Waals surface area contributed by atoms with Crippen molar-refractivity contribution < 1.29 is 28.8 Å². The molecule has 4 N–H and O–H groups in total. The van der Waals surface area contributed by atoms with E-state index in [0.717, 1.165) is 0 Å². The SMILES string of the molecule is C[C@@H](O)[C@H]1O[C@@H](n2cc(F)c(=O)[nH]c2=O)C(O)(C#CCF)[C@H]1O. The molecule has 1 unspecified atom stereocenters. The number of halogens is 2. The summed E-state index contributed by atoms with van der Waals surface area (Å²) < 4.78 is 31.4. The van der Waals surface area contributed by atoms with Crippen LogP contribution in [0.25, 0.3) is 0 Å². The average Bonchev–Trinajstić information content (AvgIpc) is 2.74. The number of aromatic amines is 1. The smallest absolute Gasteiger partial charge is 0.330 e. The molecule has 2 rings (SSSR count). The first-order valence-electron chi connectivity index (χ1n) is 6.53. The highest BCUT2D eigenvalue weighted by Gasteiger charge is 2.57. The minimum Gasteiger partial charge on any atom is -0.391 e. The van der Waals surface area contributed by atoms with Gasteiger partial charge in [0.15, 0.2) is 11.8 Å². The van der Waals surface area contributed by atoms with Gasteiger partial charge in [-0.05, 0) is 6.92 Å². The Morgan fingerprint density at radius 1 is 1.57 bits per heavy atom. The molecule has 8 nitrogen and oxygen atoms in total. The molecule has 0 bridgehead atoms. The van der Waals surface area contributed by atoms with Gasteiger partial charge in [-0.2, -0.15) is 4.39 Å². The fraction of sp³-hybridized carbons (Fsp3) is 0.538. The first kappa shape index (κ1) is 17.3. The monoisotopic (exact) mass is 332 g/mol. The lowest BCUT2D eigenvalue weighted by molar-refractivity contribution is -0.0888. The number of aliphatic hydroxyl groups excluding tert-OH is 2. The normalized spacial score (nSPS) is 31.5. The van der Waals surface area contributed by atoms with E-state index < -0.39 is 53.9 Å². The van der Waals surface area contributed by atoms with Crippen LogP contribution in [0.15, 0.2) is 15.8 Å². The molecule has 0 spiro atoms. The molecule has 1 aromatic heterocycles. The van der Waals surface area contributed by atoms with Gasteiger partial charge < -0.3 is 20.1 Å². The zero-order valence-corrected chi connectivity index (χ0v) is 11.9. The van der Waals surface area contributed by atoms with Crippen molar-refractivity contribution >= 4 is 0 Å². The van der Waals surface area contributed by atoms with Gasteiger partial charge in [0.1, 0.15) is 18.9 Å². The Morgan fingerprint density at radius 3 is 2.78 bits per heavy atom. The van der Waals surface area contributed by atoms with Gasteiger partial charge in [-0.1, -0.05) is 11.8 Å². The lowest BCUT2D eigenvalue weighted by Gasteiger charge is -2.26. The van der Waals surface area contributed by atoms with Crippen molar-refractivity contribution in [3.63, 3.8) is 0 Å². The highest BCUT2D eigenvalue weighted by molar-refractivity contribution is 5.23. The molecule has 1 fully saturated rings. The molecule has 0 amide bonds. The van der Waals surface area contributed by atoms with Crippen LogP contribution in [-0.4, -0.2) is 55.5 Å². The fourth-order valence-electron chi connectivity index (χ4n) is 2.32. The van der Waals surface area contributed by atoms with Crippen molar-refractivity contribution in [3.05, 3.63) is 32.9 Å². The van der Waals surface area contributed by atoms with E-state index in [1.807, 2.05) is 11.8 Å². The third-order valence-electron chi connectivity index (χ3n) is 3.43. The predicted molar refractivity (Wildman–Crippen MR) is 71.6 cm³/mol. The lowest BCUT2D eigenvalue weighted by Crippen LogP contribution is -2.49. The Morgan fingerprint density at radius 2 is 2.22 bits per heavy atom. The second-order valence-electron chi connectivity index (χ2n) is 5.04. The number of nitrogens with one attached hydrogen (secondary N) is 1. The Hall–Kier alpha value is -2.06. The average molecular weight is 332 g/mol. The summed E-state index contributed by atoms with van der Waals surface area (Å²) in [4.78, 5) is 24.5. The number of ether oxygens (including phenoxy) is 1. The molecule has 0 aromatic carbocycles. The van der Waals surface area contributed by atoms with Crippen LogP contribution in [0.4, 0.5) is 8.78 Å². The molecule has 23 heavy (non-hydrogen) atoms. The predicted octanol–water partition coefficient (Wildman–Crippen LogP) is -1.98. The zero-order chi connectivity index (χ0) is 17.4. The van der Waals surface area contributed by atoms with Crippen molar-refractivity contribution in [2.45, 2.75) is 37.1 Å². The van der Waals surface area contributed by atoms with Gasteiger partial charge in [-0.25, -0.2) is 9.18 Å². The van der Waals surface area contributed by atoms with Gasteiger partial charge in [0.05, 0.1) is 12.3 Å². The van der Waals surface area contributed by atoms with Crippen LogP contribution in [0, 0.1) is 17.7 Å². The Kier molecular flexibility index (Phi) is 4.67. The van der Waals surface area contributed by atoms with Gasteiger partial charge in [-0.15, -0.1) is 0 Å². The molecular formula is C13H14F2N2O6. The van der Waals surface area contributed by atoms with Gasteiger partial charge >= 0.3 is 5.69 Å². The van der Waals surface area contributed by atoms with Crippen LogP contribution in [0.1, 0.15) is 13.2 Å². The number of hydrogen-bond acceptors (Lipinski definition) is 6. The third-order valence-corrected chi connectivity index (χ3v) is 3.43. The molecule has 1 saturated heterocycles. The molecule has 2 heterocycles. The summed E-state index contributed by atoms with van der Waals surface area (Å²) in [7, 11) is 0. The minimum atomic E-state index is -2.50. The maximum atomic E-state index is 13.4. The topological polar surface area (TPSA) is 125 Å². The Balaban J connectivity index is 2.61. The van der Waals surface area contributed by atoms with E-state index in [9.17, 15) is 33.7 Å². The van der Waals surface area contributed by atoms with E-state index in [4.69, 9.17) is 4.74 Å². The summed E-state index contributed by atoms with van der Waals surface area (Å²) in [6.07, 6.45) is -5.77. The van der Waals surface area contributed by atoms with Gasteiger partial charge in [0.2, 0.25) is 5.82 Å². The Labute approximate surface area is 128 Å². The minimum absolute atomic E-state index is 0.463. The van der Waals surface area contributed by atoms with E-state index in [2.05, 4.69) is 0 Å². The van der Waals surface area contributed by atoms with Gasteiger partial charge in [0, 0.05) is 0 Å². The van der Waals surface area contributed by atoms with Crippen LogP contribution in [0.2, 0.25) is 0 Å². The van der Waals surface area contributed by atoms with Crippen molar-refractivity contribution in [1.82, 2.24) is 9.55 Å². The molecule has 1 aliphatic heterocycles. The number of alkyl halides is 1. The molecule has 1 aliphatic rings. The molecule has 10 heteroatoms. The quantitative estimate of drug-likeness (QED) is 0.465. The third kappa shape index (κ3) is 2.91. The summed E-state index contributed by atoms with van der Waals surface area (Å²) >= 11 is 0. The van der Waals surface area contributed by atoms with Gasteiger partial charge in [0.25, 0.3) is 5.56 Å². The summed E-state index contributed by atoms with van der Waals surface area (Å²) in [5.41, 5.74) is -4.92. The largest absolute Gasteiger partial charge is 0.391 e. The highest BCUT2D eigenvalue weighted by Crippen LogP contribution is 2.38. The summed E-state index contributed by atoms with van der Waals surface area (Å²) in [5, 5.41) is 30.2. The molecule has 0 saturated carbocycles. The number of nitrogens with zero attached hydrogens (tertiary/aromatic N) is 1. The van der Waals surface area contributed by atoms with E-state index in [-0.39, 0.29) is 0 Å². The van der Waals surface area contributed by atoms with E-state index >= 15 is 0 Å². The number of rotatable bonds is 2. The standard InChI is InChI=1S/C13H14F2N2O6/c1-6(18)8-9(19)13(22,3-2-4-14)11(23-8)17-5-7(15)10(20)16-12(17)21/h5-6,8-9,11,18-19,22H,4H2,1H3,(H,16,20,21)/t6-,8-,9+,11-,13?/m1/s1. The van der Waals surface area contributed by atoms with Crippen LogP contribution >= 0.6 is 0 Å². The summed E-state index contributed by atoms with van der Waals surface area (Å²) in [5.74, 6) is 2.58. The number of aromatic nitrogens is 2. The fourth-order valence-corrected chi connectivity index (χ4v) is 2.32. The molecule has 5 atom stereocenters. The maximum Gasteiger partial charge on any atom is 0.330 e. The van der Waals surface area contributed by atoms with E-state index in [1.54, 1.807) is 4.98 Å². The first-order valence-corrected chi connectivity index (χ1v) is 6.53. The lowest BCUT2D eigenvalue weighted by atomic mass is 9.92. The van der Waals surface area contributed by atoms with Crippen molar-refractivity contribution in [2.75, 3.05) is 6.67 Å².